The van der Waals surface area contributed by atoms with E-state index >= 15 is 0 Å². The summed E-state index contributed by atoms with van der Waals surface area (Å²) in [5.74, 6) is 0. The first kappa shape index (κ1) is 9.85. The first-order chi connectivity index (χ1) is 8.29. The zero-order valence-electron chi connectivity index (χ0n) is 9.26. The summed E-state index contributed by atoms with van der Waals surface area (Å²) in [6, 6.07) is 17.2. The van der Waals surface area contributed by atoms with E-state index in [9.17, 15) is 5.21 Å². The highest BCUT2D eigenvalue weighted by Gasteiger charge is 2.30. The van der Waals surface area contributed by atoms with Crippen LogP contribution in [0, 0.1) is 5.21 Å². The molecule has 0 spiro atoms. The minimum absolute atomic E-state index is 0.645. The van der Waals surface area contributed by atoms with Gasteiger partial charge in [0, 0.05) is 11.6 Å². The van der Waals surface area contributed by atoms with E-state index in [4.69, 9.17) is 0 Å². The monoisotopic (exact) mass is 221 g/mol. The molecule has 0 aromatic heterocycles. The number of hydrogen-bond acceptors (Lipinski definition) is 1. The average molecular weight is 221 g/mol. The summed E-state index contributed by atoms with van der Waals surface area (Å²) >= 11 is 0. The van der Waals surface area contributed by atoms with E-state index < -0.39 is 0 Å². The van der Waals surface area contributed by atoms with Gasteiger partial charge < -0.3 is 5.21 Å². The van der Waals surface area contributed by atoms with Crippen molar-refractivity contribution in [3.05, 3.63) is 77.5 Å². The van der Waals surface area contributed by atoms with E-state index in [0.29, 0.717) is 11.4 Å². The molecule has 2 heteroatoms. The third-order valence-corrected chi connectivity index (χ3v) is 2.98. The maximum atomic E-state index is 12.2. The largest absolute Gasteiger partial charge is 0.618 e. The van der Waals surface area contributed by atoms with Gasteiger partial charge in [-0.1, -0.05) is 36.9 Å². The fourth-order valence-corrected chi connectivity index (χ4v) is 2.16. The standard InChI is InChI=1S/C15H11NO/c1-11-13-9-5-6-10-14(13)16(17)15(11)12-7-3-2-4-8-12/h2-10H,1H2. The van der Waals surface area contributed by atoms with Crippen LogP contribution in [0.4, 0.5) is 5.69 Å². The van der Waals surface area contributed by atoms with E-state index in [2.05, 4.69) is 6.58 Å². The van der Waals surface area contributed by atoms with Gasteiger partial charge in [-0.15, -0.1) is 0 Å². The molecule has 2 aromatic rings. The van der Waals surface area contributed by atoms with Crippen LogP contribution in [0.15, 0.2) is 61.2 Å². The van der Waals surface area contributed by atoms with Gasteiger partial charge in [0.2, 0.25) is 11.4 Å². The number of benzene rings is 2. The van der Waals surface area contributed by atoms with Crippen molar-refractivity contribution in [3.63, 3.8) is 0 Å². The second-order valence-electron chi connectivity index (χ2n) is 4.00. The molecule has 0 atom stereocenters. The molecule has 0 fully saturated rings. The third-order valence-electron chi connectivity index (χ3n) is 2.98. The van der Waals surface area contributed by atoms with E-state index in [1.165, 1.54) is 0 Å². The number of fused-ring (bicyclic) bond motifs is 1. The van der Waals surface area contributed by atoms with Gasteiger partial charge in [-0.3, -0.25) is 0 Å². The molecule has 1 aliphatic rings. The lowest BCUT2D eigenvalue weighted by Crippen LogP contribution is -2.07. The van der Waals surface area contributed by atoms with Gasteiger partial charge in [-0.25, -0.2) is 0 Å². The molecule has 17 heavy (non-hydrogen) atoms. The van der Waals surface area contributed by atoms with Gasteiger partial charge >= 0.3 is 0 Å². The molecule has 0 aliphatic carbocycles. The van der Waals surface area contributed by atoms with Gasteiger partial charge in [-0.05, 0) is 18.2 Å². The Kier molecular flexibility index (Phi) is 2.08. The van der Waals surface area contributed by atoms with Gasteiger partial charge in [0.25, 0.3) is 0 Å². The molecular formula is C15H11NO. The van der Waals surface area contributed by atoms with Crippen molar-refractivity contribution < 1.29 is 4.74 Å². The first-order valence-corrected chi connectivity index (χ1v) is 5.47. The van der Waals surface area contributed by atoms with Crippen molar-refractivity contribution >= 4 is 17.0 Å². The van der Waals surface area contributed by atoms with Gasteiger partial charge in [0.15, 0.2) is 0 Å². The lowest BCUT2D eigenvalue weighted by molar-refractivity contribution is -0.355. The molecule has 2 nitrogen and oxygen atoms in total. The molecule has 3 rings (SSSR count). The molecule has 2 aromatic carbocycles. The minimum Gasteiger partial charge on any atom is -0.618 e. The van der Waals surface area contributed by atoms with Crippen LogP contribution in [0.3, 0.4) is 0 Å². The Balaban J connectivity index is 2.22. The molecule has 82 valence electrons. The van der Waals surface area contributed by atoms with Crippen molar-refractivity contribution in [2.75, 3.05) is 0 Å². The molecule has 0 unspecified atom stereocenters. The SMILES string of the molecule is C=C1C(c2ccccc2)=[N+]([O-])c2ccccc21. The molecule has 1 aliphatic heterocycles. The van der Waals surface area contributed by atoms with Crippen LogP contribution in [0.5, 0.6) is 0 Å². The summed E-state index contributed by atoms with van der Waals surface area (Å²) in [6.45, 7) is 4.03. The van der Waals surface area contributed by atoms with Crippen molar-refractivity contribution in [3.8, 4) is 0 Å². The molecule has 0 bridgehead atoms. The van der Waals surface area contributed by atoms with E-state index in [1.54, 1.807) is 0 Å². The van der Waals surface area contributed by atoms with E-state index in [-0.39, 0.29) is 0 Å². The van der Waals surface area contributed by atoms with Crippen LogP contribution < -0.4 is 0 Å². The van der Waals surface area contributed by atoms with Crippen LogP contribution in [-0.2, 0) is 0 Å². The second kappa shape index (κ2) is 3.59. The topological polar surface area (TPSA) is 26.1 Å². The van der Waals surface area contributed by atoms with Crippen molar-refractivity contribution in [1.29, 1.82) is 0 Å². The maximum absolute atomic E-state index is 12.2. The molecule has 0 saturated heterocycles. The van der Waals surface area contributed by atoms with Crippen LogP contribution in [-0.4, -0.2) is 10.5 Å². The normalized spacial score (nSPS) is 14.0. The number of hydrogen-bond donors (Lipinski definition) is 0. The summed E-state index contributed by atoms with van der Waals surface area (Å²) in [7, 11) is 0. The van der Waals surface area contributed by atoms with Crippen LogP contribution >= 0.6 is 0 Å². The summed E-state index contributed by atoms with van der Waals surface area (Å²) in [6.07, 6.45) is 0. The summed E-state index contributed by atoms with van der Waals surface area (Å²) in [4.78, 5) is 0. The fraction of sp³-hybridized carbons (Fsp3) is 0. The smallest absolute Gasteiger partial charge is 0.231 e. The fourth-order valence-electron chi connectivity index (χ4n) is 2.16. The summed E-state index contributed by atoms with van der Waals surface area (Å²) < 4.78 is 0.965. The number of rotatable bonds is 1. The summed E-state index contributed by atoms with van der Waals surface area (Å²) in [5.41, 5.74) is 3.94. The molecule has 0 amide bonds. The quantitative estimate of drug-likeness (QED) is 0.535. The highest BCUT2D eigenvalue weighted by molar-refractivity contribution is 6.31. The lowest BCUT2D eigenvalue weighted by atomic mass is 10.00. The van der Waals surface area contributed by atoms with Crippen LogP contribution in [0.25, 0.3) is 5.57 Å². The van der Waals surface area contributed by atoms with Gasteiger partial charge in [0.1, 0.15) is 0 Å². The first-order valence-electron chi connectivity index (χ1n) is 5.47. The number of allylic oxidation sites excluding steroid dienone is 1. The Labute approximate surface area is 99.7 Å². The molecule has 0 radical (unpaired) electrons. The predicted octanol–water partition coefficient (Wildman–Crippen LogP) is 3.34. The summed E-state index contributed by atoms with van der Waals surface area (Å²) in [5, 5.41) is 12.2. The van der Waals surface area contributed by atoms with Crippen LogP contribution in [0.2, 0.25) is 0 Å². The van der Waals surface area contributed by atoms with E-state index in [0.717, 1.165) is 21.4 Å². The molecular weight excluding hydrogens is 210 g/mol. The molecule has 1 heterocycles. The Morgan fingerprint density at radius 2 is 1.53 bits per heavy atom. The van der Waals surface area contributed by atoms with Crippen molar-refractivity contribution in [2.24, 2.45) is 0 Å². The van der Waals surface area contributed by atoms with Crippen molar-refractivity contribution in [1.82, 2.24) is 0 Å². The Bertz CT molecular complexity index is 626. The van der Waals surface area contributed by atoms with Crippen LogP contribution in [0.1, 0.15) is 11.1 Å². The zero-order chi connectivity index (χ0) is 11.8. The number of para-hydroxylation sites is 1. The number of nitrogens with zero attached hydrogens (tertiary/aromatic N) is 1. The average Bonchev–Trinajstić information content (AvgIpc) is 2.64. The van der Waals surface area contributed by atoms with Gasteiger partial charge in [-0.2, -0.15) is 4.74 Å². The lowest BCUT2D eigenvalue weighted by Gasteiger charge is -2.02. The van der Waals surface area contributed by atoms with Gasteiger partial charge in [0.05, 0.1) is 11.1 Å². The highest BCUT2D eigenvalue weighted by Crippen LogP contribution is 2.34. The minimum atomic E-state index is 0.645. The third kappa shape index (κ3) is 1.38. The molecule has 0 N–H and O–H groups in total. The maximum Gasteiger partial charge on any atom is 0.231 e. The Hall–Kier alpha value is -2.35. The Morgan fingerprint density at radius 1 is 0.882 bits per heavy atom. The second-order valence-corrected chi connectivity index (χ2v) is 4.00. The van der Waals surface area contributed by atoms with Crippen molar-refractivity contribution in [2.45, 2.75) is 0 Å². The molecule has 0 saturated carbocycles. The highest BCUT2D eigenvalue weighted by atomic mass is 16.5. The van der Waals surface area contributed by atoms with E-state index in [1.807, 2.05) is 54.6 Å². The predicted molar refractivity (Wildman–Crippen MR) is 69.3 cm³/mol. The Morgan fingerprint density at radius 3 is 2.24 bits per heavy atom. The zero-order valence-corrected chi connectivity index (χ0v) is 9.26.